The molecule has 3 rings (SSSR count). The van der Waals surface area contributed by atoms with Crippen molar-refractivity contribution in [2.45, 2.75) is 12.8 Å². The first-order valence-electron chi connectivity index (χ1n) is 6.99. The number of nitrogens with zero attached hydrogens (tertiary/aromatic N) is 1. The fourth-order valence-corrected chi connectivity index (χ4v) is 3.08. The van der Waals surface area contributed by atoms with Crippen LogP contribution in [0.3, 0.4) is 0 Å². The molecule has 1 N–H and O–H groups in total. The lowest BCUT2D eigenvalue weighted by atomic mass is 9.86. The lowest BCUT2D eigenvalue weighted by Crippen LogP contribution is -2.36. The van der Waals surface area contributed by atoms with Crippen LogP contribution in [-0.2, 0) is 9.59 Å². The Kier molecular flexibility index (Phi) is 3.76. The Morgan fingerprint density at radius 2 is 2.14 bits per heavy atom. The molecule has 0 saturated carbocycles. The summed E-state index contributed by atoms with van der Waals surface area (Å²) in [7, 11) is 0. The molecule has 0 aromatic heterocycles. The third-order valence-corrected chi connectivity index (χ3v) is 4.42. The second kappa shape index (κ2) is 5.56. The van der Waals surface area contributed by atoms with Gasteiger partial charge in [-0.1, -0.05) is 11.6 Å². The van der Waals surface area contributed by atoms with Gasteiger partial charge in [0.05, 0.1) is 0 Å². The van der Waals surface area contributed by atoms with Gasteiger partial charge in [0.2, 0.25) is 5.91 Å². The number of benzene rings is 1. The van der Waals surface area contributed by atoms with Crippen LogP contribution in [0.15, 0.2) is 24.3 Å². The smallest absolute Gasteiger partial charge is 0.260 e. The minimum absolute atomic E-state index is 0.0130. The maximum Gasteiger partial charge on any atom is 0.260 e. The van der Waals surface area contributed by atoms with Gasteiger partial charge in [-0.3, -0.25) is 9.59 Å². The standard InChI is InChI=1S/C15H17ClN2O3/c16-11-1-3-12(4-2-11)21-8-14(20)18-6-5-15(10-18)7-13(19)17-9-15/h1-4H,5-10H2,(H,17,19). The summed E-state index contributed by atoms with van der Waals surface area (Å²) in [6, 6.07) is 6.92. The highest BCUT2D eigenvalue weighted by molar-refractivity contribution is 6.30. The number of ether oxygens (including phenoxy) is 1. The van der Waals surface area contributed by atoms with Gasteiger partial charge in [0, 0.05) is 36.5 Å². The van der Waals surface area contributed by atoms with Crippen molar-refractivity contribution in [2.75, 3.05) is 26.2 Å². The van der Waals surface area contributed by atoms with Crippen LogP contribution in [0.4, 0.5) is 0 Å². The third-order valence-electron chi connectivity index (χ3n) is 4.16. The number of nitrogens with one attached hydrogen (secondary N) is 1. The number of amides is 2. The zero-order valence-corrected chi connectivity index (χ0v) is 12.4. The summed E-state index contributed by atoms with van der Waals surface area (Å²) in [6.07, 6.45) is 1.40. The summed E-state index contributed by atoms with van der Waals surface area (Å²) in [5.74, 6) is 0.669. The maximum atomic E-state index is 12.2. The van der Waals surface area contributed by atoms with E-state index in [1.165, 1.54) is 0 Å². The first-order chi connectivity index (χ1) is 10.1. The molecule has 0 radical (unpaired) electrons. The van der Waals surface area contributed by atoms with Gasteiger partial charge in [-0.25, -0.2) is 0 Å². The Bertz CT molecular complexity index is 561. The molecule has 5 nitrogen and oxygen atoms in total. The Labute approximate surface area is 128 Å². The van der Waals surface area contributed by atoms with E-state index in [9.17, 15) is 9.59 Å². The fourth-order valence-electron chi connectivity index (χ4n) is 2.96. The molecule has 21 heavy (non-hydrogen) atoms. The summed E-state index contributed by atoms with van der Waals surface area (Å²) >= 11 is 5.79. The monoisotopic (exact) mass is 308 g/mol. The molecule has 1 unspecified atom stereocenters. The first kappa shape index (κ1) is 14.2. The van der Waals surface area contributed by atoms with Gasteiger partial charge in [-0.05, 0) is 30.7 Å². The molecule has 6 heteroatoms. The largest absolute Gasteiger partial charge is 0.484 e. The molecule has 2 fully saturated rings. The molecule has 2 saturated heterocycles. The molecule has 1 atom stereocenters. The van der Waals surface area contributed by atoms with Gasteiger partial charge < -0.3 is 15.0 Å². The van der Waals surface area contributed by atoms with Crippen LogP contribution in [0.2, 0.25) is 5.02 Å². The van der Waals surface area contributed by atoms with Crippen LogP contribution in [-0.4, -0.2) is 43.0 Å². The van der Waals surface area contributed by atoms with E-state index in [1.54, 1.807) is 29.2 Å². The fraction of sp³-hybridized carbons (Fsp3) is 0.467. The predicted molar refractivity (Wildman–Crippen MR) is 78.2 cm³/mol. The van der Waals surface area contributed by atoms with E-state index in [4.69, 9.17) is 16.3 Å². The van der Waals surface area contributed by atoms with E-state index >= 15 is 0 Å². The zero-order chi connectivity index (χ0) is 14.9. The number of carbonyl (C=O) groups is 2. The van der Waals surface area contributed by atoms with Gasteiger partial charge in [0.15, 0.2) is 6.61 Å². The van der Waals surface area contributed by atoms with Crippen molar-refractivity contribution in [3.05, 3.63) is 29.3 Å². The highest BCUT2D eigenvalue weighted by Crippen LogP contribution is 2.36. The molecule has 1 aromatic rings. The normalized spacial score (nSPS) is 24.4. The van der Waals surface area contributed by atoms with Crippen LogP contribution < -0.4 is 10.1 Å². The molecule has 0 aliphatic carbocycles. The van der Waals surface area contributed by atoms with Crippen LogP contribution in [0, 0.1) is 5.41 Å². The van der Waals surface area contributed by atoms with Gasteiger partial charge >= 0.3 is 0 Å². The number of likely N-dealkylation sites (tertiary alicyclic amines) is 1. The van der Waals surface area contributed by atoms with E-state index in [1.807, 2.05) is 0 Å². The summed E-state index contributed by atoms with van der Waals surface area (Å²) in [5.41, 5.74) is -0.0625. The highest BCUT2D eigenvalue weighted by Gasteiger charge is 2.45. The van der Waals surface area contributed by atoms with Crippen molar-refractivity contribution in [3.63, 3.8) is 0 Å². The number of halogens is 1. The molecule has 1 spiro atoms. The zero-order valence-electron chi connectivity index (χ0n) is 11.6. The van der Waals surface area contributed by atoms with Gasteiger partial charge in [-0.15, -0.1) is 0 Å². The van der Waals surface area contributed by atoms with Crippen LogP contribution in [0.25, 0.3) is 0 Å². The molecule has 1 aromatic carbocycles. The molecule has 2 amide bonds. The average molecular weight is 309 g/mol. The van der Waals surface area contributed by atoms with Gasteiger partial charge in [0.1, 0.15) is 5.75 Å². The van der Waals surface area contributed by atoms with Gasteiger partial charge in [0.25, 0.3) is 5.91 Å². The molecule has 2 aliphatic rings. The van der Waals surface area contributed by atoms with Gasteiger partial charge in [-0.2, -0.15) is 0 Å². The first-order valence-corrected chi connectivity index (χ1v) is 7.37. The van der Waals surface area contributed by atoms with Crippen LogP contribution in [0.5, 0.6) is 5.75 Å². The van der Waals surface area contributed by atoms with Crippen molar-refractivity contribution in [2.24, 2.45) is 5.41 Å². The highest BCUT2D eigenvalue weighted by atomic mass is 35.5. The molecule has 2 aliphatic heterocycles. The minimum atomic E-state index is -0.0625. The lowest BCUT2D eigenvalue weighted by Gasteiger charge is -2.21. The van der Waals surface area contributed by atoms with E-state index in [2.05, 4.69) is 5.32 Å². The predicted octanol–water partition coefficient (Wildman–Crippen LogP) is 1.46. The van der Waals surface area contributed by atoms with Crippen molar-refractivity contribution >= 4 is 23.4 Å². The Balaban J connectivity index is 1.52. The molecule has 0 bridgehead atoms. The third kappa shape index (κ3) is 3.13. The van der Waals surface area contributed by atoms with E-state index in [0.717, 1.165) is 6.42 Å². The van der Waals surface area contributed by atoms with Crippen molar-refractivity contribution in [1.82, 2.24) is 10.2 Å². The van der Waals surface area contributed by atoms with Crippen LogP contribution in [0.1, 0.15) is 12.8 Å². The Morgan fingerprint density at radius 1 is 1.38 bits per heavy atom. The summed E-state index contributed by atoms with van der Waals surface area (Å²) < 4.78 is 5.47. The van der Waals surface area contributed by atoms with E-state index in [0.29, 0.717) is 36.8 Å². The summed E-state index contributed by atoms with van der Waals surface area (Å²) in [6.45, 7) is 2.01. The second-order valence-electron chi connectivity index (χ2n) is 5.76. The quantitative estimate of drug-likeness (QED) is 0.919. The van der Waals surface area contributed by atoms with Crippen molar-refractivity contribution in [1.29, 1.82) is 0 Å². The SMILES string of the molecule is O=C1CC2(CCN(C(=O)COc3ccc(Cl)cc3)C2)CN1. The average Bonchev–Trinajstić information content (AvgIpc) is 3.05. The van der Waals surface area contributed by atoms with Crippen molar-refractivity contribution in [3.8, 4) is 5.75 Å². The number of rotatable bonds is 3. The second-order valence-corrected chi connectivity index (χ2v) is 6.20. The summed E-state index contributed by atoms with van der Waals surface area (Å²) in [5, 5.41) is 3.49. The maximum absolute atomic E-state index is 12.2. The number of hydrogen-bond acceptors (Lipinski definition) is 3. The summed E-state index contributed by atoms with van der Waals surface area (Å²) in [4.78, 5) is 25.3. The topological polar surface area (TPSA) is 58.6 Å². The van der Waals surface area contributed by atoms with Crippen molar-refractivity contribution < 1.29 is 14.3 Å². The Hall–Kier alpha value is -1.75. The lowest BCUT2D eigenvalue weighted by molar-refractivity contribution is -0.132. The minimum Gasteiger partial charge on any atom is -0.484 e. The number of carbonyl (C=O) groups excluding carboxylic acids is 2. The number of hydrogen-bond donors (Lipinski definition) is 1. The molecule has 2 heterocycles. The van der Waals surface area contributed by atoms with Crippen LogP contribution >= 0.6 is 11.6 Å². The molecular weight excluding hydrogens is 292 g/mol. The molecular formula is C15H17ClN2O3. The van der Waals surface area contributed by atoms with E-state index < -0.39 is 0 Å². The Morgan fingerprint density at radius 3 is 2.81 bits per heavy atom. The van der Waals surface area contributed by atoms with E-state index in [-0.39, 0.29) is 23.8 Å². The molecule has 112 valence electrons.